The molecule has 1 fully saturated rings. The summed E-state index contributed by atoms with van der Waals surface area (Å²) in [4.78, 5) is 24.6. The quantitative estimate of drug-likeness (QED) is 0.809. The number of aromatic nitrogens is 2. The van der Waals surface area contributed by atoms with Gasteiger partial charge in [0.15, 0.2) is 5.78 Å². The number of hydrogen-bond acceptors (Lipinski definition) is 4. The average molecular weight is 361 g/mol. The van der Waals surface area contributed by atoms with Gasteiger partial charge in [-0.3, -0.25) is 4.79 Å². The topological polar surface area (TPSA) is 46.1 Å². The van der Waals surface area contributed by atoms with Gasteiger partial charge in [0.25, 0.3) is 0 Å². The number of carbonyl (C=O) groups excluding carboxylic acids is 1. The van der Waals surface area contributed by atoms with Crippen LogP contribution in [0.25, 0.3) is 6.08 Å². The van der Waals surface area contributed by atoms with Gasteiger partial charge in [-0.05, 0) is 43.6 Å². The van der Waals surface area contributed by atoms with Crippen LogP contribution in [0.3, 0.4) is 0 Å². The van der Waals surface area contributed by atoms with E-state index in [1.807, 2.05) is 25.1 Å². The molecule has 2 unspecified atom stereocenters. The third-order valence-electron chi connectivity index (χ3n) is 5.64. The van der Waals surface area contributed by atoms with Gasteiger partial charge in [-0.2, -0.15) is 0 Å². The van der Waals surface area contributed by atoms with Crippen molar-refractivity contribution in [3.63, 3.8) is 0 Å². The van der Waals surface area contributed by atoms with E-state index in [-0.39, 0.29) is 11.7 Å². The highest BCUT2D eigenvalue weighted by atomic mass is 16.1. The predicted molar refractivity (Wildman–Crippen MR) is 109 cm³/mol. The van der Waals surface area contributed by atoms with Gasteiger partial charge in [0, 0.05) is 19.5 Å². The summed E-state index contributed by atoms with van der Waals surface area (Å²) in [6.45, 7) is 6.25. The zero-order valence-electron chi connectivity index (χ0n) is 16.2. The summed E-state index contributed by atoms with van der Waals surface area (Å²) in [5, 5.41) is 0. The van der Waals surface area contributed by atoms with Gasteiger partial charge in [-0.15, -0.1) is 0 Å². The molecular weight excluding hydrogens is 334 g/mol. The lowest BCUT2D eigenvalue weighted by atomic mass is 9.85. The summed E-state index contributed by atoms with van der Waals surface area (Å²) in [7, 11) is 0. The maximum Gasteiger partial charge on any atom is 0.225 e. The van der Waals surface area contributed by atoms with Crippen molar-refractivity contribution in [1.82, 2.24) is 9.97 Å². The second-order valence-corrected chi connectivity index (χ2v) is 7.99. The Hall–Kier alpha value is -2.49. The Morgan fingerprint density at radius 2 is 1.96 bits per heavy atom. The molecule has 4 heteroatoms. The fraction of sp³-hybridized carbons (Fsp3) is 0.435. The summed E-state index contributed by atoms with van der Waals surface area (Å²) in [6.07, 6.45) is 8.08. The number of hydrogen-bond donors (Lipinski definition) is 0. The van der Waals surface area contributed by atoms with Gasteiger partial charge in [0.1, 0.15) is 0 Å². The lowest BCUT2D eigenvalue weighted by Gasteiger charge is -2.32. The van der Waals surface area contributed by atoms with Crippen molar-refractivity contribution < 1.29 is 4.79 Å². The van der Waals surface area contributed by atoms with Gasteiger partial charge in [0.2, 0.25) is 5.95 Å². The normalized spacial score (nSPS) is 22.9. The average Bonchev–Trinajstić information content (AvgIpc) is 2.66. The molecule has 1 saturated heterocycles. The zero-order chi connectivity index (χ0) is 18.8. The minimum atomic E-state index is 0.176. The molecule has 1 aliphatic heterocycles. The van der Waals surface area contributed by atoms with Crippen LogP contribution in [0.2, 0.25) is 0 Å². The zero-order valence-corrected chi connectivity index (χ0v) is 16.2. The molecule has 0 saturated carbocycles. The summed E-state index contributed by atoms with van der Waals surface area (Å²) in [6, 6.07) is 10.2. The molecule has 2 atom stereocenters. The Morgan fingerprint density at radius 3 is 2.74 bits per heavy atom. The van der Waals surface area contributed by atoms with E-state index >= 15 is 0 Å². The molecule has 0 bridgehead atoms. The number of ketones is 1. The van der Waals surface area contributed by atoms with Crippen LogP contribution in [0.15, 0.2) is 36.4 Å². The first-order valence-electron chi connectivity index (χ1n) is 9.99. The highest BCUT2D eigenvalue weighted by Crippen LogP contribution is 2.30. The SMILES string of the molecule is Cc1nc(N2CCCC(C)C2)nc2c1C(=O)CC(/C=C/c1ccccc1)C2. The molecule has 4 rings (SSSR count). The monoisotopic (exact) mass is 361 g/mol. The highest BCUT2D eigenvalue weighted by molar-refractivity contribution is 5.99. The number of Topliss-reactive ketones (excluding diaryl/α,β-unsaturated/α-hetero) is 1. The van der Waals surface area contributed by atoms with Crippen molar-refractivity contribution in [1.29, 1.82) is 0 Å². The van der Waals surface area contributed by atoms with Crippen molar-refractivity contribution in [2.45, 2.75) is 39.5 Å². The van der Waals surface area contributed by atoms with E-state index in [1.54, 1.807) is 0 Å². The van der Waals surface area contributed by atoms with Gasteiger partial charge >= 0.3 is 0 Å². The number of fused-ring (bicyclic) bond motifs is 1. The Balaban J connectivity index is 1.58. The van der Waals surface area contributed by atoms with Crippen LogP contribution in [-0.4, -0.2) is 28.8 Å². The number of carbonyl (C=O) groups is 1. The highest BCUT2D eigenvalue weighted by Gasteiger charge is 2.29. The number of nitrogens with zero attached hydrogens (tertiary/aromatic N) is 3. The Kier molecular flexibility index (Phi) is 5.06. The summed E-state index contributed by atoms with van der Waals surface area (Å²) < 4.78 is 0. The second kappa shape index (κ2) is 7.63. The number of aryl methyl sites for hydroxylation is 1. The first kappa shape index (κ1) is 17.9. The van der Waals surface area contributed by atoms with Crippen molar-refractivity contribution in [2.75, 3.05) is 18.0 Å². The molecule has 140 valence electrons. The second-order valence-electron chi connectivity index (χ2n) is 7.99. The third-order valence-corrected chi connectivity index (χ3v) is 5.64. The van der Waals surface area contributed by atoms with Crippen molar-refractivity contribution in [2.24, 2.45) is 11.8 Å². The molecule has 0 radical (unpaired) electrons. The summed E-state index contributed by atoms with van der Waals surface area (Å²) in [5.74, 6) is 1.85. The standard InChI is InChI=1S/C23H27N3O/c1-16-7-6-12-26(15-16)23-24-17(2)22-20(25-23)13-19(14-21(22)27)11-10-18-8-4-3-5-9-18/h3-5,8-11,16,19H,6-7,12-15H2,1-2H3/b11-10+. The predicted octanol–water partition coefficient (Wildman–Crippen LogP) is 4.48. The molecule has 0 spiro atoms. The van der Waals surface area contributed by atoms with E-state index < -0.39 is 0 Å². The Labute approximate surface area is 161 Å². The minimum absolute atomic E-state index is 0.176. The number of rotatable bonds is 3. The van der Waals surface area contributed by atoms with Crippen LogP contribution in [0.1, 0.15) is 53.5 Å². The van der Waals surface area contributed by atoms with E-state index in [4.69, 9.17) is 4.98 Å². The fourth-order valence-electron chi connectivity index (χ4n) is 4.25. The molecule has 1 aromatic heterocycles. The van der Waals surface area contributed by atoms with E-state index in [0.29, 0.717) is 12.3 Å². The Morgan fingerprint density at radius 1 is 1.15 bits per heavy atom. The lowest BCUT2D eigenvalue weighted by molar-refractivity contribution is 0.0956. The van der Waals surface area contributed by atoms with Crippen LogP contribution in [0.4, 0.5) is 5.95 Å². The van der Waals surface area contributed by atoms with Crippen LogP contribution < -0.4 is 4.90 Å². The van der Waals surface area contributed by atoms with E-state index in [2.05, 4.69) is 41.1 Å². The maximum absolute atomic E-state index is 12.7. The maximum atomic E-state index is 12.7. The van der Waals surface area contributed by atoms with Crippen LogP contribution >= 0.6 is 0 Å². The van der Waals surface area contributed by atoms with Crippen molar-refractivity contribution in [3.05, 3.63) is 58.9 Å². The van der Waals surface area contributed by atoms with Crippen LogP contribution in [0, 0.1) is 18.8 Å². The molecule has 2 aromatic rings. The minimum Gasteiger partial charge on any atom is -0.341 e. The number of allylic oxidation sites excluding steroid dienone is 1. The first-order chi connectivity index (χ1) is 13.1. The number of piperidine rings is 1. The van der Waals surface area contributed by atoms with E-state index in [9.17, 15) is 4.79 Å². The molecule has 0 N–H and O–H groups in total. The number of anilines is 1. The molecule has 2 heterocycles. The van der Waals surface area contributed by atoms with E-state index in [1.165, 1.54) is 12.8 Å². The lowest BCUT2D eigenvalue weighted by Crippen LogP contribution is -2.36. The van der Waals surface area contributed by atoms with Crippen LogP contribution in [0.5, 0.6) is 0 Å². The third kappa shape index (κ3) is 3.95. The van der Waals surface area contributed by atoms with Crippen LogP contribution in [-0.2, 0) is 6.42 Å². The van der Waals surface area contributed by atoms with Gasteiger partial charge in [-0.1, -0.05) is 49.4 Å². The smallest absolute Gasteiger partial charge is 0.225 e. The molecular formula is C23H27N3O. The molecule has 27 heavy (non-hydrogen) atoms. The number of benzene rings is 1. The van der Waals surface area contributed by atoms with Crippen molar-refractivity contribution >= 4 is 17.8 Å². The van der Waals surface area contributed by atoms with E-state index in [0.717, 1.165) is 48.0 Å². The fourth-order valence-corrected chi connectivity index (χ4v) is 4.25. The summed E-state index contributed by atoms with van der Waals surface area (Å²) in [5.41, 5.74) is 3.68. The van der Waals surface area contributed by atoms with Gasteiger partial charge < -0.3 is 4.90 Å². The van der Waals surface area contributed by atoms with Gasteiger partial charge in [-0.25, -0.2) is 9.97 Å². The molecule has 1 aliphatic carbocycles. The van der Waals surface area contributed by atoms with Crippen molar-refractivity contribution in [3.8, 4) is 0 Å². The molecule has 4 nitrogen and oxygen atoms in total. The van der Waals surface area contributed by atoms with Gasteiger partial charge in [0.05, 0.1) is 17.0 Å². The Bertz CT molecular complexity index is 859. The molecule has 0 amide bonds. The molecule has 1 aromatic carbocycles. The summed E-state index contributed by atoms with van der Waals surface area (Å²) >= 11 is 0. The molecule has 2 aliphatic rings. The largest absolute Gasteiger partial charge is 0.341 e. The first-order valence-corrected chi connectivity index (χ1v) is 9.99.